The summed E-state index contributed by atoms with van der Waals surface area (Å²) in [7, 11) is 0. The molecule has 0 heterocycles. The van der Waals surface area contributed by atoms with Gasteiger partial charge in [0.2, 0.25) is 0 Å². The molecule has 0 aliphatic rings. The molecule has 0 nitrogen and oxygen atoms in total. The second-order valence-electron chi connectivity index (χ2n) is 1.31. The van der Waals surface area contributed by atoms with Gasteiger partial charge in [-0.1, -0.05) is 0 Å². The average Bonchev–Trinajstić information content (AvgIpc) is 1.87. The predicted molar refractivity (Wildman–Crippen MR) is 30.5 cm³/mol. The van der Waals surface area contributed by atoms with Crippen molar-refractivity contribution in [2.24, 2.45) is 0 Å². The Morgan fingerprint density at radius 2 is 1.00 bits per heavy atom. The van der Waals surface area contributed by atoms with Gasteiger partial charge in [-0.3, -0.25) is 0 Å². The third-order valence-electron chi connectivity index (χ3n) is 0.498. The molecule has 0 aromatic heterocycles. The van der Waals surface area contributed by atoms with E-state index in [1.807, 2.05) is 0 Å². The number of alkyl halides is 6. The Hall–Kier alpha value is 0.863. The first kappa shape index (κ1) is 15.3. The van der Waals surface area contributed by atoms with Gasteiger partial charge in [-0.2, -0.15) is 0 Å². The van der Waals surface area contributed by atoms with Crippen molar-refractivity contribution in [1.82, 2.24) is 0 Å². The Balaban J connectivity index is 0. The molecule has 0 N–H and O–H groups in total. The summed E-state index contributed by atoms with van der Waals surface area (Å²) >= 11 is 3.62. The van der Waals surface area contributed by atoms with Gasteiger partial charge in [0.05, 0.1) is 0 Å². The molecule has 0 spiro atoms. The van der Waals surface area contributed by atoms with Gasteiger partial charge >= 0.3 is 46.9 Å². The van der Waals surface area contributed by atoms with Crippen LogP contribution in [0.2, 0.25) is 0 Å². The van der Waals surface area contributed by atoms with E-state index in [1.165, 1.54) is 14.8 Å². The monoisotopic (exact) mass is 360 g/mol. The van der Waals surface area contributed by atoms with Crippen LogP contribution in [0.1, 0.15) is 0 Å². The SMILES string of the molecule is F[C-](C(F)(F)F)C(F)(F)F.[Zn+][I]. The molecule has 0 amide bonds. The van der Waals surface area contributed by atoms with Crippen LogP contribution in [-0.2, 0) is 14.8 Å². The third kappa shape index (κ3) is 6.39. The molecule has 0 aliphatic carbocycles. The Kier molecular flexibility index (Phi) is 7.11. The van der Waals surface area contributed by atoms with Crippen LogP contribution in [0.3, 0.4) is 0 Å². The minimum absolute atomic E-state index is 1.34. The molecule has 0 atom stereocenters. The molecule has 0 radical (unpaired) electrons. The van der Waals surface area contributed by atoms with Crippen LogP contribution in [0.4, 0.5) is 30.7 Å². The molecule has 0 aromatic carbocycles. The molecule has 0 bridgehead atoms. The van der Waals surface area contributed by atoms with Crippen LogP contribution in [0.5, 0.6) is 0 Å². The zero-order valence-electron chi connectivity index (χ0n) is 5.23. The van der Waals surface area contributed by atoms with E-state index in [4.69, 9.17) is 0 Å². The summed E-state index contributed by atoms with van der Waals surface area (Å²) in [5.41, 5.74) is 0. The van der Waals surface area contributed by atoms with Crippen LogP contribution in [0.15, 0.2) is 0 Å². The summed E-state index contributed by atoms with van der Waals surface area (Å²) in [6.45, 7) is 0. The molecule has 70 valence electrons. The molecule has 0 unspecified atom stereocenters. The van der Waals surface area contributed by atoms with Gasteiger partial charge in [-0.15, -0.1) is 0 Å². The van der Waals surface area contributed by atoms with Crippen LogP contribution < -0.4 is 0 Å². The fourth-order valence-electron chi connectivity index (χ4n) is 0.161. The molecule has 0 fully saturated rings. The van der Waals surface area contributed by atoms with Gasteiger partial charge in [0.15, 0.2) is 0 Å². The second-order valence-corrected chi connectivity index (χ2v) is 1.31. The normalized spacial score (nSPS) is 12.6. The van der Waals surface area contributed by atoms with Crippen molar-refractivity contribution in [1.29, 1.82) is 0 Å². The molecular weight excluding hydrogens is 361 g/mol. The molecule has 0 aromatic rings. The summed E-state index contributed by atoms with van der Waals surface area (Å²) in [5.74, 6) is 0. The summed E-state index contributed by atoms with van der Waals surface area (Å²) in [6.07, 6.45) is -15.8. The molecule has 0 saturated carbocycles. The molecule has 9 heteroatoms. The van der Waals surface area contributed by atoms with Crippen LogP contribution in [0, 0.1) is 6.17 Å². The number of hydrogen-bond acceptors (Lipinski definition) is 0. The Bertz CT molecular complexity index is 103. The topological polar surface area (TPSA) is 0 Å². The van der Waals surface area contributed by atoms with Crippen molar-refractivity contribution >= 4 is 19.8 Å². The van der Waals surface area contributed by atoms with Gasteiger partial charge < -0.3 is 4.39 Å². The third-order valence-corrected chi connectivity index (χ3v) is 0.498. The van der Waals surface area contributed by atoms with Gasteiger partial charge in [0, 0.05) is 6.17 Å². The second kappa shape index (κ2) is 5.56. The quantitative estimate of drug-likeness (QED) is 0.268. The first-order valence-electron chi connectivity index (χ1n) is 2.09. The summed E-state index contributed by atoms with van der Waals surface area (Å²) in [6, 6.07) is 0. The molecular formula is C3F7IZn. The minimum atomic E-state index is -5.93. The molecule has 0 saturated heterocycles. The summed E-state index contributed by atoms with van der Waals surface area (Å²) < 4.78 is 76.0. The number of halogens is 8. The first-order valence-corrected chi connectivity index (χ1v) is 11.1. The van der Waals surface area contributed by atoms with E-state index in [0.29, 0.717) is 0 Å². The maximum absolute atomic E-state index is 11.1. The van der Waals surface area contributed by atoms with E-state index in [9.17, 15) is 30.7 Å². The first-order chi connectivity index (χ1) is 5.15. The van der Waals surface area contributed by atoms with Crippen molar-refractivity contribution in [3.8, 4) is 0 Å². The van der Waals surface area contributed by atoms with E-state index in [1.54, 1.807) is 0 Å². The van der Waals surface area contributed by atoms with Crippen molar-refractivity contribution in [3.05, 3.63) is 6.17 Å². The van der Waals surface area contributed by atoms with Crippen molar-refractivity contribution in [2.75, 3.05) is 0 Å². The zero-order chi connectivity index (χ0) is 10.6. The summed E-state index contributed by atoms with van der Waals surface area (Å²) in [4.78, 5) is 0. The summed E-state index contributed by atoms with van der Waals surface area (Å²) in [5, 5.41) is 0. The van der Waals surface area contributed by atoms with Gasteiger partial charge in [0.25, 0.3) is 0 Å². The Labute approximate surface area is 83.7 Å². The standard InChI is InChI=1S/C3F7.HI.Zn/c4-1(2(5,6)7)3(8,9)10;;/h;1H;/q-1;;+2/p-1. The van der Waals surface area contributed by atoms with E-state index in [2.05, 4.69) is 19.8 Å². The van der Waals surface area contributed by atoms with E-state index in [0.717, 1.165) is 0 Å². The average molecular weight is 361 g/mol. The van der Waals surface area contributed by atoms with Crippen LogP contribution in [0.25, 0.3) is 0 Å². The maximum atomic E-state index is 11.1. The Morgan fingerprint density at radius 1 is 0.833 bits per heavy atom. The van der Waals surface area contributed by atoms with Gasteiger partial charge in [0.1, 0.15) is 0 Å². The number of hydrogen-bond donors (Lipinski definition) is 0. The van der Waals surface area contributed by atoms with Gasteiger partial charge in [-0.25, -0.2) is 26.3 Å². The van der Waals surface area contributed by atoms with Crippen LogP contribution in [-0.4, -0.2) is 12.4 Å². The number of rotatable bonds is 0. The zero-order valence-corrected chi connectivity index (χ0v) is 10.4. The molecule has 12 heavy (non-hydrogen) atoms. The Morgan fingerprint density at radius 3 is 1.00 bits per heavy atom. The predicted octanol–water partition coefficient (Wildman–Crippen LogP) is 3.50. The van der Waals surface area contributed by atoms with Crippen molar-refractivity contribution in [2.45, 2.75) is 12.4 Å². The van der Waals surface area contributed by atoms with Crippen molar-refractivity contribution in [3.63, 3.8) is 0 Å². The van der Waals surface area contributed by atoms with E-state index < -0.39 is 18.5 Å². The fraction of sp³-hybridized carbons (Fsp3) is 0.667. The fourth-order valence-corrected chi connectivity index (χ4v) is 0.161. The van der Waals surface area contributed by atoms with Crippen molar-refractivity contribution < 1.29 is 45.5 Å². The molecule has 0 rings (SSSR count). The van der Waals surface area contributed by atoms with Crippen LogP contribution >= 0.6 is 19.8 Å². The van der Waals surface area contributed by atoms with Gasteiger partial charge in [-0.05, 0) is 0 Å². The molecule has 0 aliphatic heterocycles. The van der Waals surface area contributed by atoms with E-state index in [-0.39, 0.29) is 0 Å². The van der Waals surface area contributed by atoms with E-state index >= 15 is 0 Å².